The maximum Gasteiger partial charge on any atom is 0.455 e. The molecule has 4 fully saturated rings. The Bertz CT molecular complexity index is 553. The van der Waals surface area contributed by atoms with Crippen molar-refractivity contribution >= 4 is 13.0 Å². The lowest BCUT2D eigenvalue weighted by Gasteiger charge is -2.47. The Morgan fingerprint density at radius 1 is 1.00 bits per heavy atom. The molecule has 4 aliphatic rings. The van der Waals surface area contributed by atoms with Gasteiger partial charge in [0.2, 0.25) is 5.91 Å². The molecule has 164 valence electrons. The number of nitrogens with one attached hydrogen (secondary N) is 1. The van der Waals surface area contributed by atoms with Crippen LogP contribution in [0, 0.1) is 29.6 Å². The third kappa shape index (κ3) is 4.68. The van der Waals surface area contributed by atoms with Crippen molar-refractivity contribution in [1.29, 1.82) is 0 Å². The summed E-state index contributed by atoms with van der Waals surface area (Å²) in [5.74, 6) is 2.35. The molecule has 6 atom stereocenters. The van der Waals surface area contributed by atoms with Gasteiger partial charge in [-0.25, -0.2) is 0 Å². The van der Waals surface area contributed by atoms with Crippen LogP contribution in [0.2, 0.25) is 5.82 Å². The Morgan fingerprint density at radius 2 is 1.76 bits per heavy atom. The normalized spacial score (nSPS) is 39.1. The number of piperidine rings is 2. The highest BCUT2D eigenvalue weighted by molar-refractivity contribution is 6.43. The standard InChI is InChI=1S/C22H40BN3O3/c24-14-15-3-1-4-17(13-15)16-8-11-26(12-9-16)22(27)18-5-2-6-20-21(18)19(23(28)29)7-10-25-20/h15-21,25,28-29H,1-14,24H2. The van der Waals surface area contributed by atoms with Crippen molar-refractivity contribution in [1.82, 2.24) is 10.2 Å². The molecule has 7 heteroatoms. The monoisotopic (exact) mass is 405 g/mol. The molecule has 29 heavy (non-hydrogen) atoms. The zero-order valence-corrected chi connectivity index (χ0v) is 17.8. The van der Waals surface area contributed by atoms with Crippen molar-refractivity contribution in [2.24, 2.45) is 35.3 Å². The fourth-order valence-electron chi connectivity index (χ4n) is 7.12. The van der Waals surface area contributed by atoms with Gasteiger partial charge in [0.1, 0.15) is 0 Å². The van der Waals surface area contributed by atoms with E-state index in [2.05, 4.69) is 10.2 Å². The molecule has 2 aliphatic heterocycles. The first-order valence-electron chi connectivity index (χ1n) is 12.2. The molecule has 2 saturated carbocycles. The van der Waals surface area contributed by atoms with Crippen LogP contribution in [0.3, 0.4) is 0 Å². The van der Waals surface area contributed by atoms with Gasteiger partial charge in [0, 0.05) is 25.0 Å². The highest BCUT2D eigenvalue weighted by Crippen LogP contribution is 2.44. The molecule has 0 bridgehead atoms. The zero-order valence-electron chi connectivity index (χ0n) is 17.8. The number of carbonyl (C=O) groups is 1. The Labute approximate surface area is 176 Å². The van der Waals surface area contributed by atoms with E-state index in [0.717, 1.165) is 76.5 Å². The van der Waals surface area contributed by atoms with Gasteiger partial charge in [-0.3, -0.25) is 4.79 Å². The lowest BCUT2D eigenvalue weighted by molar-refractivity contribution is -0.141. The van der Waals surface area contributed by atoms with Crippen LogP contribution in [-0.2, 0) is 4.79 Å². The summed E-state index contributed by atoms with van der Waals surface area (Å²) in [6.45, 7) is 3.40. The van der Waals surface area contributed by atoms with E-state index in [1.807, 2.05) is 0 Å². The molecule has 0 aromatic heterocycles. The van der Waals surface area contributed by atoms with Gasteiger partial charge in [0.15, 0.2) is 0 Å². The number of nitrogens with two attached hydrogens (primary N) is 1. The summed E-state index contributed by atoms with van der Waals surface area (Å²) in [5.41, 5.74) is 5.93. The minimum atomic E-state index is -1.31. The summed E-state index contributed by atoms with van der Waals surface area (Å²) >= 11 is 0. The van der Waals surface area contributed by atoms with Crippen LogP contribution in [-0.4, -0.2) is 60.2 Å². The Hall–Kier alpha value is -0.625. The van der Waals surface area contributed by atoms with E-state index in [0.29, 0.717) is 5.92 Å². The largest absolute Gasteiger partial charge is 0.455 e. The number of rotatable bonds is 4. The Kier molecular flexibility index (Phi) is 7.20. The van der Waals surface area contributed by atoms with Gasteiger partial charge in [-0.2, -0.15) is 0 Å². The predicted octanol–water partition coefficient (Wildman–Crippen LogP) is 1.61. The predicted molar refractivity (Wildman–Crippen MR) is 115 cm³/mol. The minimum absolute atomic E-state index is 0.0544. The lowest BCUT2D eigenvalue weighted by Crippen LogP contribution is -2.56. The first-order valence-corrected chi connectivity index (χ1v) is 12.2. The van der Waals surface area contributed by atoms with Crippen LogP contribution in [0.5, 0.6) is 0 Å². The average Bonchev–Trinajstić information content (AvgIpc) is 2.77. The topological polar surface area (TPSA) is 98.8 Å². The van der Waals surface area contributed by atoms with Crippen LogP contribution in [0.25, 0.3) is 0 Å². The van der Waals surface area contributed by atoms with E-state index in [-0.39, 0.29) is 29.6 Å². The van der Waals surface area contributed by atoms with E-state index in [9.17, 15) is 14.8 Å². The van der Waals surface area contributed by atoms with Crippen LogP contribution in [0.15, 0.2) is 0 Å². The Balaban J connectivity index is 1.36. The second kappa shape index (κ2) is 9.67. The molecule has 4 rings (SSSR count). The number of hydrogen-bond donors (Lipinski definition) is 4. The van der Waals surface area contributed by atoms with Crippen molar-refractivity contribution in [3.8, 4) is 0 Å². The van der Waals surface area contributed by atoms with Crippen LogP contribution in [0.1, 0.15) is 64.2 Å². The third-order valence-electron chi connectivity index (χ3n) is 8.71. The molecule has 1 amide bonds. The van der Waals surface area contributed by atoms with Gasteiger partial charge >= 0.3 is 7.12 Å². The molecule has 2 heterocycles. The first kappa shape index (κ1) is 21.6. The number of hydrogen-bond acceptors (Lipinski definition) is 5. The van der Waals surface area contributed by atoms with E-state index in [1.165, 1.54) is 25.7 Å². The maximum absolute atomic E-state index is 13.5. The van der Waals surface area contributed by atoms with Gasteiger partial charge in [0.05, 0.1) is 0 Å². The molecule has 0 spiro atoms. The second-order valence-corrected chi connectivity index (χ2v) is 10.2. The number of likely N-dealkylation sites (tertiary alicyclic amines) is 1. The lowest BCUT2D eigenvalue weighted by atomic mass is 9.54. The van der Waals surface area contributed by atoms with Gasteiger partial charge in [-0.15, -0.1) is 0 Å². The van der Waals surface area contributed by atoms with E-state index >= 15 is 0 Å². The summed E-state index contributed by atoms with van der Waals surface area (Å²) in [7, 11) is -1.31. The van der Waals surface area contributed by atoms with Crippen LogP contribution < -0.4 is 11.1 Å². The van der Waals surface area contributed by atoms with Crippen LogP contribution >= 0.6 is 0 Å². The number of carbonyl (C=O) groups excluding carboxylic acids is 1. The Morgan fingerprint density at radius 3 is 2.48 bits per heavy atom. The number of amides is 1. The average molecular weight is 405 g/mol. The van der Waals surface area contributed by atoms with E-state index < -0.39 is 7.12 Å². The summed E-state index contributed by atoms with van der Waals surface area (Å²) in [6, 6.07) is 0.256. The highest BCUT2D eigenvalue weighted by Gasteiger charge is 2.48. The van der Waals surface area contributed by atoms with E-state index in [1.54, 1.807) is 0 Å². The second-order valence-electron chi connectivity index (χ2n) is 10.2. The van der Waals surface area contributed by atoms with Crippen molar-refractivity contribution in [3.63, 3.8) is 0 Å². The number of fused-ring (bicyclic) bond motifs is 1. The smallest absolute Gasteiger partial charge is 0.427 e. The summed E-state index contributed by atoms with van der Waals surface area (Å²) in [4.78, 5) is 15.6. The molecule has 2 aliphatic carbocycles. The summed E-state index contributed by atoms with van der Waals surface area (Å²) < 4.78 is 0. The molecule has 2 saturated heterocycles. The van der Waals surface area contributed by atoms with Gasteiger partial charge < -0.3 is 26.0 Å². The fourth-order valence-corrected chi connectivity index (χ4v) is 7.12. The van der Waals surface area contributed by atoms with Crippen molar-refractivity contribution in [2.45, 2.75) is 76.1 Å². The fraction of sp³-hybridized carbons (Fsp3) is 0.955. The first-order chi connectivity index (χ1) is 14.1. The maximum atomic E-state index is 13.5. The molecule has 0 aromatic rings. The third-order valence-corrected chi connectivity index (χ3v) is 8.71. The summed E-state index contributed by atoms with van der Waals surface area (Å²) in [5, 5.41) is 23.4. The summed E-state index contributed by atoms with van der Waals surface area (Å²) in [6.07, 6.45) is 11.2. The SMILES string of the molecule is NCC1CCCC(C2CCN(C(=O)C3CCCC4NCCC(B(O)O)C43)CC2)C1. The van der Waals surface area contributed by atoms with Gasteiger partial charge in [0.25, 0.3) is 0 Å². The zero-order chi connectivity index (χ0) is 20.4. The van der Waals surface area contributed by atoms with Crippen molar-refractivity contribution in [2.75, 3.05) is 26.2 Å². The van der Waals surface area contributed by atoms with Crippen molar-refractivity contribution in [3.05, 3.63) is 0 Å². The molecule has 6 nitrogen and oxygen atoms in total. The molecule has 0 radical (unpaired) electrons. The van der Waals surface area contributed by atoms with Gasteiger partial charge in [-0.1, -0.05) is 19.3 Å². The molecule has 5 N–H and O–H groups in total. The van der Waals surface area contributed by atoms with Crippen LogP contribution in [0.4, 0.5) is 0 Å². The van der Waals surface area contributed by atoms with Gasteiger partial charge in [-0.05, 0) is 87.5 Å². The molecule has 0 aromatic carbocycles. The van der Waals surface area contributed by atoms with Crippen molar-refractivity contribution < 1.29 is 14.8 Å². The molecule has 6 unspecified atom stereocenters. The number of nitrogens with zero attached hydrogens (tertiary/aromatic N) is 1. The molecular weight excluding hydrogens is 365 g/mol. The molecular formula is C22H40BN3O3. The quantitative estimate of drug-likeness (QED) is 0.533. The minimum Gasteiger partial charge on any atom is -0.427 e. The highest BCUT2D eigenvalue weighted by atomic mass is 16.4. The van der Waals surface area contributed by atoms with E-state index in [4.69, 9.17) is 5.73 Å².